The fourth-order valence-corrected chi connectivity index (χ4v) is 3.95. The van der Waals surface area contributed by atoms with Crippen molar-refractivity contribution in [2.24, 2.45) is 0 Å². The second kappa shape index (κ2) is 7.08. The monoisotopic (exact) mass is 423 g/mol. The summed E-state index contributed by atoms with van der Waals surface area (Å²) in [6.45, 7) is 0.206. The number of amides is 3. The summed E-state index contributed by atoms with van der Waals surface area (Å²) in [5.74, 6) is -2.60. The van der Waals surface area contributed by atoms with E-state index in [1.807, 2.05) is 0 Å². The van der Waals surface area contributed by atoms with Gasteiger partial charge in [-0.1, -0.05) is 11.3 Å². The Balaban J connectivity index is 1.43. The lowest BCUT2D eigenvalue weighted by molar-refractivity contribution is -0.136. The van der Waals surface area contributed by atoms with Gasteiger partial charge in [-0.25, -0.2) is 13.5 Å². The molecule has 5 rings (SSSR count). The molecule has 1 aromatic heterocycles. The van der Waals surface area contributed by atoms with Gasteiger partial charge in [-0.3, -0.25) is 19.7 Å². The average Bonchev–Trinajstić information content (AvgIpc) is 3.33. The minimum atomic E-state index is -0.744. The second-order valence-corrected chi connectivity index (χ2v) is 7.39. The Morgan fingerprint density at radius 2 is 1.84 bits per heavy atom. The lowest BCUT2D eigenvalue weighted by Gasteiger charge is -2.29. The van der Waals surface area contributed by atoms with Crippen molar-refractivity contribution >= 4 is 17.7 Å². The standard InChI is InChI=1S/C21H15F2N5O3/c22-14-2-1-3-15(23)19(14)16-10-28(26-25-16)12-4-5-13-11(8-12)9-27(21(13)31)17-6-7-18(29)24-20(17)30/h1-5,8,10,17H,6-7,9H2,(H,24,29,30). The molecule has 0 radical (unpaired) electrons. The number of rotatable bonds is 3. The van der Waals surface area contributed by atoms with Gasteiger partial charge in [0.15, 0.2) is 0 Å². The number of piperidine rings is 1. The van der Waals surface area contributed by atoms with Crippen LogP contribution in [0.2, 0.25) is 0 Å². The number of halogens is 2. The maximum Gasteiger partial charge on any atom is 0.255 e. The summed E-state index contributed by atoms with van der Waals surface area (Å²) in [5, 5.41) is 10.1. The number of carbonyl (C=O) groups excluding carboxylic acids is 3. The van der Waals surface area contributed by atoms with Crippen LogP contribution in [0.3, 0.4) is 0 Å². The number of aromatic nitrogens is 3. The van der Waals surface area contributed by atoms with E-state index in [9.17, 15) is 23.2 Å². The molecule has 2 aliphatic rings. The molecule has 0 spiro atoms. The molecule has 31 heavy (non-hydrogen) atoms. The van der Waals surface area contributed by atoms with E-state index in [0.29, 0.717) is 16.8 Å². The second-order valence-electron chi connectivity index (χ2n) is 7.39. The zero-order chi connectivity index (χ0) is 21.7. The van der Waals surface area contributed by atoms with Gasteiger partial charge in [-0.2, -0.15) is 0 Å². The number of fused-ring (bicyclic) bond motifs is 1. The van der Waals surface area contributed by atoms with Gasteiger partial charge in [0.1, 0.15) is 23.4 Å². The SMILES string of the molecule is O=C1CCC(N2Cc3cc(-n4cc(-c5c(F)cccc5F)nn4)ccc3C2=O)C(=O)N1. The smallest absolute Gasteiger partial charge is 0.255 e. The van der Waals surface area contributed by atoms with Gasteiger partial charge in [0.2, 0.25) is 11.8 Å². The highest BCUT2D eigenvalue weighted by molar-refractivity contribution is 6.05. The Hall–Kier alpha value is -3.95. The van der Waals surface area contributed by atoms with Gasteiger partial charge in [0, 0.05) is 18.5 Å². The van der Waals surface area contributed by atoms with E-state index in [2.05, 4.69) is 15.6 Å². The summed E-state index contributed by atoms with van der Waals surface area (Å²) in [7, 11) is 0. The summed E-state index contributed by atoms with van der Waals surface area (Å²) in [5.41, 5.74) is 1.45. The summed E-state index contributed by atoms with van der Waals surface area (Å²) in [4.78, 5) is 37.8. The van der Waals surface area contributed by atoms with Gasteiger partial charge >= 0.3 is 0 Å². The highest BCUT2D eigenvalue weighted by atomic mass is 19.1. The summed E-state index contributed by atoms with van der Waals surface area (Å²) in [6.07, 6.45) is 1.85. The van der Waals surface area contributed by atoms with Crippen molar-refractivity contribution in [1.82, 2.24) is 25.2 Å². The summed E-state index contributed by atoms with van der Waals surface area (Å²) >= 11 is 0. The first-order valence-corrected chi connectivity index (χ1v) is 9.57. The van der Waals surface area contributed by atoms with Crippen LogP contribution < -0.4 is 5.32 Å². The van der Waals surface area contributed by atoms with Crippen LogP contribution in [0.15, 0.2) is 42.6 Å². The van der Waals surface area contributed by atoms with Crippen molar-refractivity contribution in [3.05, 3.63) is 65.4 Å². The fourth-order valence-electron chi connectivity index (χ4n) is 3.95. The molecule has 0 bridgehead atoms. The van der Waals surface area contributed by atoms with E-state index in [0.717, 1.165) is 12.1 Å². The Kier molecular flexibility index (Phi) is 4.35. The van der Waals surface area contributed by atoms with Crippen molar-refractivity contribution in [2.45, 2.75) is 25.4 Å². The van der Waals surface area contributed by atoms with E-state index in [-0.39, 0.29) is 42.5 Å². The first kappa shape index (κ1) is 19.0. The largest absolute Gasteiger partial charge is 0.322 e. The number of benzene rings is 2. The summed E-state index contributed by atoms with van der Waals surface area (Å²) in [6, 6.07) is 7.82. The third-order valence-electron chi connectivity index (χ3n) is 5.48. The Labute approximate surface area is 174 Å². The third kappa shape index (κ3) is 3.16. The summed E-state index contributed by atoms with van der Waals surface area (Å²) < 4.78 is 29.4. The Bertz CT molecular complexity index is 1240. The Morgan fingerprint density at radius 3 is 2.58 bits per heavy atom. The van der Waals surface area contributed by atoms with E-state index in [1.54, 1.807) is 18.2 Å². The first-order valence-electron chi connectivity index (χ1n) is 9.57. The molecule has 0 aliphatic carbocycles. The third-order valence-corrected chi connectivity index (χ3v) is 5.48. The lowest BCUT2D eigenvalue weighted by atomic mass is 10.0. The van der Waals surface area contributed by atoms with Crippen molar-refractivity contribution in [2.75, 3.05) is 0 Å². The molecule has 2 aliphatic heterocycles. The zero-order valence-corrected chi connectivity index (χ0v) is 16.0. The molecule has 1 saturated heterocycles. The molecule has 1 N–H and O–H groups in total. The van der Waals surface area contributed by atoms with Crippen LogP contribution in [-0.2, 0) is 16.1 Å². The molecule has 1 fully saturated rings. The van der Waals surface area contributed by atoms with Gasteiger partial charge in [0.25, 0.3) is 5.91 Å². The van der Waals surface area contributed by atoms with Gasteiger partial charge in [0.05, 0.1) is 17.4 Å². The molecular formula is C21H15F2N5O3. The molecule has 156 valence electrons. The van der Waals surface area contributed by atoms with Crippen LogP contribution in [-0.4, -0.2) is 43.7 Å². The highest BCUT2D eigenvalue weighted by Gasteiger charge is 2.39. The molecule has 1 atom stereocenters. The fraction of sp³-hybridized carbons (Fsp3) is 0.190. The topological polar surface area (TPSA) is 97.2 Å². The maximum atomic E-state index is 14.0. The van der Waals surface area contributed by atoms with E-state index in [4.69, 9.17) is 0 Å². The van der Waals surface area contributed by atoms with Crippen molar-refractivity contribution in [1.29, 1.82) is 0 Å². The molecule has 3 amide bonds. The van der Waals surface area contributed by atoms with E-state index in [1.165, 1.54) is 21.8 Å². The molecule has 0 saturated carbocycles. The minimum absolute atomic E-state index is 0.0392. The lowest BCUT2D eigenvalue weighted by Crippen LogP contribution is -2.52. The molecule has 1 unspecified atom stereocenters. The molecule has 3 heterocycles. The van der Waals surface area contributed by atoms with Crippen LogP contribution in [0.5, 0.6) is 0 Å². The van der Waals surface area contributed by atoms with Crippen LogP contribution in [0.1, 0.15) is 28.8 Å². The van der Waals surface area contributed by atoms with Crippen LogP contribution in [0.4, 0.5) is 8.78 Å². The van der Waals surface area contributed by atoms with E-state index >= 15 is 0 Å². The molecular weight excluding hydrogens is 408 g/mol. The van der Waals surface area contributed by atoms with Crippen molar-refractivity contribution in [3.63, 3.8) is 0 Å². The number of nitrogens with zero attached hydrogens (tertiary/aromatic N) is 4. The van der Waals surface area contributed by atoms with E-state index < -0.39 is 23.6 Å². The van der Waals surface area contributed by atoms with Crippen LogP contribution >= 0.6 is 0 Å². The number of nitrogens with one attached hydrogen (secondary N) is 1. The number of imide groups is 1. The quantitative estimate of drug-likeness (QED) is 0.650. The minimum Gasteiger partial charge on any atom is -0.322 e. The molecule has 8 nitrogen and oxygen atoms in total. The average molecular weight is 423 g/mol. The zero-order valence-electron chi connectivity index (χ0n) is 16.0. The van der Waals surface area contributed by atoms with Gasteiger partial charge < -0.3 is 4.90 Å². The predicted octanol–water partition coefficient (Wildman–Crippen LogP) is 1.97. The van der Waals surface area contributed by atoms with Crippen molar-refractivity contribution < 1.29 is 23.2 Å². The normalized spacial score (nSPS) is 18.3. The maximum absolute atomic E-state index is 14.0. The van der Waals surface area contributed by atoms with Crippen LogP contribution in [0.25, 0.3) is 16.9 Å². The van der Waals surface area contributed by atoms with Gasteiger partial charge in [-0.15, -0.1) is 5.10 Å². The number of hydrogen-bond acceptors (Lipinski definition) is 5. The number of carbonyl (C=O) groups is 3. The Morgan fingerprint density at radius 1 is 1.06 bits per heavy atom. The van der Waals surface area contributed by atoms with Crippen molar-refractivity contribution in [3.8, 4) is 16.9 Å². The molecule has 10 heteroatoms. The predicted molar refractivity (Wildman–Crippen MR) is 103 cm³/mol. The number of hydrogen-bond donors (Lipinski definition) is 1. The first-order chi connectivity index (χ1) is 14.9. The highest BCUT2D eigenvalue weighted by Crippen LogP contribution is 2.30. The van der Waals surface area contributed by atoms with Crippen LogP contribution in [0, 0.1) is 11.6 Å². The molecule has 2 aromatic carbocycles. The van der Waals surface area contributed by atoms with Gasteiger partial charge in [-0.05, 0) is 42.3 Å². The molecule has 3 aromatic rings.